The fourth-order valence-electron chi connectivity index (χ4n) is 7.74. The molecule has 2 saturated carbocycles. The molecule has 4 aliphatic rings. The standard InChI is InChI=1S/C32H40FN7O3/c1-20(2)28(22-12-32(13-22,41-3)42-4)40-16-31(17-40)9-10-39(15-31)29-30(38-37-19-36-29)43-26-8-7-23(33)11-24(26)25-14-34-18-35-27(25)21-5-6-21/h7-8,11,14,18-22,28H,5-6,9-10,12-13,15-17H2,1-4H3. The van der Waals surface area contributed by atoms with Gasteiger partial charge in [0.25, 0.3) is 5.88 Å². The average Bonchev–Trinajstić information content (AvgIpc) is 3.73. The zero-order valence-electron chi connectivity index (χ0n) is 25.4. The number of methoxy groups -OCH3 is 2. The summed E-state index contributed by atoms with van der Waals surface area (Å²) in [6.07, 6.45) is 9.85. The molecule has 0 radical (unpaired) electrons. The van der Waals surface area contributed by atoms with Gasteiger partial charge in [-0.3, -0.25) is 4.90 Å². The van der Waals surface area contributed by atoms with Crippen molar-refractivity contribution in [3.05, 3.63) is 48.6 Å². The number of benzene rings is 1. The minimum atomic E-state index is -0.418. The van der Waals surface area contributed by atoms with Crippen LogP contribution in [0.5, 0.6) is 11.6 Å². The summed E-state index contributed by atoms with van der Waals surface area (Å²) >= 11 is 0. The second-order valence-corrected chi connectivity index (χ2v) is 13.2. The minimum absolute atomic E-state index is 0.209. The van der Waals surface area contributed by atoms with Crippen LogP contribution in [0.15, 0.2) is 37.1 Å². The van der Waals surface area contributed by atoms with E-state index < -0.39 is 5.79 Å². The first-order valence-corrected chi connectivity index (χ1v) is 15.4. The van der Waals surface area contributed by atoms with E-state index in [0.29, 0.717) is 46.8 Å². The average molecular weight is 590 g/mol. The van der Waals surface area contributed by atoms with E-state index in [2.05, 4.69) is 48.8 Å². The van der Waals surface area contributed by atoms with Crippen molar-refractivity contribution in [3.63, 3.8) is 0 Å². The molecule has 11 heteroatoms. The Morgan fingerprint density at radius 2 is 1.79 bits per heavy atom. The van der Waals surface area contributed by atoms with Gasteiger partial charge in [-0.25, -0.2) is 19.3 Å². The molecule has 3 aromatic rings. The predicted molar refractivity (Wildman–Crippen MR) is 158 cm³/mol. The van der Waals surface area contributed by atoms with Crippen molar-refractivity contribution in [1.82, 2.24) is 30.0 Å². The third-order valence-electron chi connectivity index (χ3n) is 10.0. The third-order valence-corrected chi connectivity index (χ3v) is 10.0. The smallest absolute Gasteiger partial charge is 0.282 e. The molecule has 1 spiro atoms. The second kappa shape index (κ2) is 11.0. The van der Waals surface area contributed by atoms with Crippen molar-refractivity contribution in [3.8, 4) is 22.8 Å². The SMILES string of the molecule is COC1(OC)CC(C(C(C)C)N2CC3(CCN(c4ncnnc4Oc4ccc(F)cc4-c4cncnc4C4CC4)C3)C2)C1. The van der Waals surface area contributed by atoms with Gasteiger partial charge < -0.3 is 19.1 Å². The van der Waals surface area contributed by atoms with Crippen LogP contribution >= 0.6 is 0 Å². The van der Waals surface area contributed by atoms with E-state index in [1.54, 1.807) is 32.8 Å². The van der Waals surface area contributed by atoms with Crippen LogP contribution in [0, 0.1) is 23.1 Å². The van der Waals surface area contributed by atoms with E-state index in [4.69, 9.17) is 14.2 Å². The Hall–Kier alpha value is -3.28. The summed E-state index contributed by atoms with van der Waals surface area (Å²) in [5.41, 5.74) is 2.52. The molecule has 4 heterocycles. The number of aromatic nitrogens is 5. The minimum Gasteiger partial charge on any atom is -0.434 e. The van der Waals surface area contributed by atoms with Gasteiger partial charge in [0.05, 0.1) is 5.69 Å². The van der Waals surface area contributed by atoms with Gasteiger partial charge in [-0.05, 0) is 49.3 Å². The van der Waals surface area contributed by atoms with E-state index >= 15 is 0 Å². The number of likely N-dealkylation sites (tertiary alicyclic amines) is 1. The highest BCUT2D eigenvalue weighted by Crippen LogP contribution is 2.51. The molecule has 1 unspecified atom stereocenters. The fourth-order valence-corrected chi connectivity index (χ4v) is 7.74. The number of ether oxygens (including phenoxy) is 3. The predicted octanol–water partition coefficient (Wildman–Crippen LogP) is 5.07. The van der Waals surface area contributed by atoms with Gasteiger partial charge in [-0.2, -0.15) is 0 Å². The van der Waals surface area contributed by atoms with Gasteiger partial charge >= 0.3 is 0 Å². The maximum absolute atomic E-state index is 14.5. The first kappa shape index (κ1) is 28.5. The number of halogens is 1. The molecule has 4 fully saturated rings. The molecule has 2 aliphatic heterocycles. The zero-order chi connectivity index (χ0) is 29.8. The first-order valence-electron chi connectivity index (χ1n) is 15.4. The molecular weight excluding hydrogens is 549 g/mol. The van der Waals surface area contributed by atoms with E-state index in [9.17, 15) is 4.39 Å². The monoisotopic (exact) mass is 589 g/mol. The van der Waals surface area contributed by atoms with Crippen LogP contribution in [0.3, 0.4) is 0 Å². The molecular formula is C32H40FN7O3. The molecule has 0 N–H and O–H groups in total. The lowest BCUT2D eigenvalue weighted by Crippen LogP contribution is -2.66. The molecule has 0 amide bonds. The Morgan fingerprint density at radius 3 is 2.51 bits per heavy atom. The summed E-state index contributed by atoms with van der Waals surface area (Å²) < 4.78 is 32.3. The van der Waals surface area contributed by atoms with Crippen LogP contribution in [0.4, 0.5) is 10.2 Å². The molecule has 0 bridgehead atoms. The third kappa shape index (κ3) is 5.25. The topological polar surface area (TPSA) is 98.6 Å². The van der Waals surface area contributed by atoms with Crippen molar-refractivity contribution in [2.45, 2.75) is 63.7 Å². The number of rotatable bonds is 10. The molecule has 228 valence electrons. The van der Waals surface area contributed by atoms with Gasteiger partial charge in [0.1, 0.15) is 24.2 Å². The molecule has 2 aliphatic carbocycles. The number of hydrogen-bond acceptors (Lipinski definition) is 10. The maximum Gasteiger partial charge on any atom is 0.282 e. The Labute approximate surface area is 252 Å². The Kier molecular flexibility index (Phi) is 7.30. The molecule has 43 heavy (non-hydrogen) atoms. The maximum atomic E-state index is 14.5. The number of anilines is 1. The molecule has 7 rings (SSSR count). The van der Waals surface area contributed by atoms with Crippen molar-refractivity contribution in [2.24, 2.45) is 17.3 Å². The molecule has 2 saturated heterocycles. The van der Waals surface area contributed by atoms with Crippen LogP contribution in [0.2, 0.25) is 0 Å². The molecule has 2 aromatic heterocycles. The van der Waals surface area contributed by atoms with Crippen molar-refractivity contribution < 1.29 is 18.6 Å². The summed E-state index contributed by atoms with van der Waals surface area (Å²) in [6.45, 7) is 8.51. The summed E-state index contributed by atoms with van der Waals surface area (Å²) in [4.78, 5) is 18.3. The lowest BCUT2D eigenvalue weighted by molar-refractivity contribution is -0.282. The summed E-state index contributed by atoms with van der Waals surface area (Å²) in [7, 11) is 3.49. The fraction of sp³-hybridized carbons (Fsp3) is 0.594. The first-order chi connectivity index (χ1) is 20.8. The number of hydrogen-bond donors (Lipinski definition) is 0. The van der Waals surface area contributed by atoms with Crippen molar-refractivity contribution in [1.29, 1.82) is 0 Å². The van der Waals surface area contributed by atoms with Crippen LogP contribution in [0.25, 0.3) is 11.1 Å². The van der Waals surface area contributed by atoms with E-state index in [-0.39, 0.29) is 11.2 Å². The van der Waals surface area contributed by atoms with Gasteiger partial charge in [-0.1, -0.05) is 13.8 Å². The summed E-state index contributed by atoms with van der Waals surface area (Å²) in [5, 5.41) is 8.37. The zero-order valence-corrected chi connectivity index (χ0v) is 25.4. The molecule has 1 atom stereocenters. The van der Waals surface area contributed by atoms with Crippen LogP contribution in [-0.2, 0) is 9.47 Å². The lowest BCUT2D eigenvalue weighted by atomic mass is 9.67. The highest BCUT2D eigenvalue weighted by Gasteiger charge is 2.56. The second-order valence-electron chi connectivity index (χ2n) is 13.2. The van der Waals surface area contributed by atoms with Crippen LogP contribution in [-0.4, -0.2) is 82.3 Å². The van der Waals surface area contributed by atoms with Crippen molar-refractivity contribution >= 4 is 5.82 Å². The Morgan fingerprint density at radius 1 is 1.00 bits per heavy atom. The van der Waals surface area contributed by atoms with Gasteiger partial charge in [-0.15, -0.1) is 10.2 Å². The van der Waals surface area contributed by atoms with Crippen LogP contribution in [0.1, 0.15) is 57.6 Å². The normalized spacial score (nSPS) is 22.0. The van der Waals surface area contributed by atoms with Gasteiger partial charge in [0.2, 0.25) is 0 Å². The quantitative estimate of drug-likeness (QED) is 0.298. The van der Waals surface area contributed by atoms with E-state index in [1.807, 2.05) is 0 Å². The van der Waals surface area contributed by atoms with Gasteiger partial charge in [0, 0.05) is 87.9 Å². The van der Waals surface area contributed by atoms with Gasteiger partial charge in [0.15, 0.2) is 11.6 Å². The number of nitrogens with zero attached hydrogens (tertiary/aromatic N) is 7. The summed E-state index contributed by atoms with van der Waals surface area (Å²) in [6, 6.07) is 5.02. The largest absolute Gasteiger partial charge is 0.434 e. The van der Waals surface area contributed by atoms with E-state index in [1.165, 1.54) is 18.5 Å². The molecule has 10 nitrogen and oxygen atoms in total. The highest BCUT2D eigenvalue weighted by molar-refractivity contribution is 5.73. The van der Waals surface area contributed by atoms with Crippen molar-refractivity contribution in [2.75, 3.05) is 45.3 Å². The Balaban J connectivity index is 1.07. The molecule has 1 aromatic carbocycles. The Bertz CT molecular complexity index is 1470. The lowest BCUT2D eigenvalue weighted by Gasteiger charge is -2.58. The van der Waals surface area contributed by atoms with Crippen LogP contribution < -0.4 is 9.64 Å². The highest BCUT2D eigenvalue weighted by atomic mass is 19.1. The summed E-state index contributed by atoms with van der Waals surface area (Å²) in [5.74, 6) is 2.19. The van der Waals surface area contributed by atoms with E-state index in [0.717, 1.165) is 69.5 Å².